The summed E-state index contributed by atoms with van der Waals surface area (Å²) >= 11 is 0. The summed E-state index contributed by atoms with van der Waals surface area (Å²) in [6.45, 7) is 3.83. The highest BCUT2D eigenvalue weighted by Gasteiger charge is 2.14. The fourth-order valence-electron chi connectivity index (χ4n) is 1.62. The summed E-state index contributed by atoms with van der Waals surface area (Å²) in [6.07, 6.45) is 3.89. The molecular weight excluding hydrogens is 228 g/mol. The minimum atomic E-state index is -0.683. The Morgan fingerprint density at radius 1 is 1.56 bits per heavy atom. The summed E-state index contributed by atoms with van der Waals surface area (Å²) < 4.78 is 0. The summed E-state index contributed by atoms with van der Waals surface area (Å²) in [5.41, 5.74) is 6.91. The molecule has 0 aliphatic heterocycles. The van der Waals surface area contributed by atoms with E-state index in [1.54, 1.807) is 0 Å². The summed E-state index contributed by atoms with van der Waals surface area (Å²) in [6, 6.07) is 5.82. The van der Waals surface area contributed by atoms with Crippen molar-refractivity contribution in [1.29, 1.82) is 0 Å². The van der Waals surface area contributed by atoms with Crippen LogP contribution in [0, 0.1) is 12.8 Å². The molecule has 0 aliphatic rings. The molecule has 4 heteroatoms. The Morgan fingerprint density at radius 3 is 2.89 bits per heavy atom. The Hall–Kier alpha value is -1.68. The van der Waals surface area contributed by atoms with Crippen LogP contribution in [0.4, 0.5) is 0 Å². The molecule has 0 aliphatic carbocycles. The van der Waals surface area contributed by atoms with E-state index in [-0.39, 0.29) is 12.3 Å². The molecule has 1 amide bonds. The van der Waals surface area contributed by atoms with Gasteiger partial charge in [-0.05, 0) is 37.5 Å². The lowest BCUT2D eigenvalue weighted by Crippen LogP contribution is -2.25. The van der Waals surface area contributed by atoms with Crippen molar-refractivity contribution < 1.29 is 9.90 Å². The van der Waals surface area contributed by atoms with Crippen molar-refractivity contribution in [1.82, 2.24) is 4.98 Å². The van der Waals surface area contributed by atoms with Crippen molar-refractivity contribution in [2.24, 2.45) is 11.7 Å². The van der Waals surface area contributed by atoms with E-state index >= 15 is 0 Å². The molecule has 0 spiro atoms. The van der Waals surface area contributed by atoms with Crippen LogP contribution in [0.15, 0.2) is 24.3 Å². The van der Waals surface area contributed by atoms with Gasteiger partial charge in [0.1, 0.15) is 0 Å². The molecule has 4 nitrogen and oxygen atoms in total. The van der Waals surface area contributed by atoms with E-state index in [2.05, 4.69) is 4.98 Å². The van der Waals surface area contributed by atoms with E-state index in [1.807, 2.05) is 44.2 Å². The standard InChI is InChI=1S/C14H20N2O2/c1-10(13(17)9-14(15)18)5-3-7-12-8-4-6-11(2)16-12/h3-4,6-8,10,13,17H,5,9H2,1-2H3,(H2,15,18)/b7-3+/t10-,13+/m1/s1. The highest BCUT2D eigenvalue weighted by molar-refractivity contribution is 5.74. The van der Waals surface area contributed by atoms with Crippen molar-refractivity contribution in [3.8, 4) is 0 Å². The van der Waals surface area contributed by atoms with Crippen LogP contribution in [0.2, 0.25) is 0 Å². The highest BCUT2D eigenvalue weighted by atomic mass is 16.3. The maximum absolute atomic E-state index is 10.7. The molecule has 0 saturated carbocycles. The smallest absolute Gasteiger partial charge is 0.220 e. The van der Waals surface area contributed by atoms with Gasteiger partial charge in [-0.1, -0.05) is 19.1 Å². The zero-order valence-electron chi connectivity index (χ0n) is 10.8. The average molecular weight is 248 g/mol. The van der Waals surface area contributed by atoms with Gasteiger partial charge in [0.05, 0.1) is 18.2 Å². The monoisotopic (exact) mass is 248 g/mol. The Bertz CT molecular complexity index is 430. The normalized spacial score (nSPS) is 14.6. The third-order valence-corrected chi connectivity index (χ3v) is 2.77. The van der Waals surface area contributed by atoms with Crippen LogP contribution in [0.5, 0.6) is 0 Å². The number of aromatic nitrogens is 1. The lowest BCUT2D eigenvalue weighted by Gasteiger charge is -2.15. The van der Waals surface area contributed by atoms with E-state index in [0.29, 0.717) is 6.42 Å². The van der Waals surface area contributed by atoms with Crippen LogP contribution in [0.25, 0.3) is 6.08 Å². The van der Waals surface area contributed by atoms with Gasteiger partial charge in [-0.15, -0.1) is 0 Å². The first-order valence-electron chi connectivity index (χ1n) is 6.05. The Balaban J connectivity index is 2.47. The number of nitrogens with zero attached hydrogens (tertiary/aromatic N) is 1. The molecule has 0 aromatic carbocycles. The van der Waals surface area contributed by atoms with Crippen molar-refractivity contribution >= 4 is 12.0 Å². The number of aliphatic hydroxyl groups is 1. The fourth-order valence-corrected chi connectivity index (χ4v) is 1.62. The van der Waals surface area contributed by atoms with Crippen LogP contribution in [0.3, 0.4) is 0 Å². The molecule has 2 atom stereocenters. The van der Waals surface area contributed by atoms with Gasteiger partial charge in [0.25, 0.3) is 0 Å². The average Bonchev–Trinajstić information content (AvgIpc) is 2.28. The molecule has 0 saturated heterocycles. The number of aliphatic hydroxyl groups excluding tert-OH is 1. The topological polar surface area (TPSA) is 76.2 Å². The Morgan fingerprint density at radius 2 is 2.28 bits per heavy atom. The first-order chi connectivity index (χ1) is 8.49. The van der Waals surface area contributed by atoms with Gasteiger partial charge < -0.3 is 10.8 Å². The van der Waals surface area contributed by atoms with Gasteiger partial charge >= 0.3 is 0 Å². The Labute approximate surface area is 108 Å². The van der Waals surface area contributed by atoms with Crippen LogP contribution in [0.1, 0.15) is 31.2 Å². The van der Waals surface area contributed by atoms with Gasteiger partial charge in [-0.3, -0.25) is 9.78 Å². The first kappa shape index (κ1) is 14.4. The molecule has 18 heavy (non-hydrogen) atoms. The third-order valence-electron chi connectivity index (χ3n) is 2.77. The first-order valence-corrected chi connectivity index (χ1v) is 6.05. The molecule has 3 N–H and O–H groups in total. The number of hydrogen-bond acceptors (Lipinski definition) is 3. The van der Waals surface area contributed by atoms with E-state index in [4.69, 9.17) is 5.73 Å². The van der Waals surface area contributed by atoms with E-state index < -0.39 is 12.0 Å². The predicted octanol–water partition coefficient (Wildman–Crippen LogP) is 1.67. The summed E-state index contributed by atoms with van der Waals surface area (Å²) in [7, 11) is 0. The van der Waals surface area contributed by atoms with Gasteiger partial charge in [0.2, 0.25) is 5.91 Å². The summed E-state index contributed by atoms with van der Waals surface area (Å²) in [5.74, 6) is -0.475. The van der Waals surface area contributed by atoms with Crippen LogP contribution < -0.4 is 5.73 Å². The lowest BCUT2D eigenvalue weighted by atomic mass is 9.98. The minimum absolute atomic E-state index is 0.00133. The number of carbonyl (C=O) groups excluding carboxylic acids is 1. The molecule has 0 radical (unpaired) electrons. The van der Waals surface area contributed by atoms with Gasteiger partial charge in [0, 0.05) is 5.69 Å². The maximum atomic E-state index is 10.7. The van der Waals surface area contributed by atoms with Crippen LogP contribution >= 0.6 is 0 Å². The molecule has 1 aromatic rings. The third kappa shape index (κ3) is 5.10. The van der Waals surface area contributed by atoms with Gasteiger partial charge in [-0.2, -0.15) is 0 Å². The second kappa shape index (κ2) is 6.91. The van der Waals surface area contributed by atoms with E-state index in [9.17, 15) is 9.90 Å². The SMILES string of the molecule is Cc1cccc(/C=C/C[C@@H](C)[C@@H](O)CC(N)=O)n1. The van der Waals surface area contributed by atoms with Crippen molar-refractivity contribution in [2.45, 2.75) is 32.8 Å². The van der Waals surface area contributed by atoms with Crippen molar-refractivity contribution in [3.05, 3.63) is 35.7 Å². The predicted molar refractivity (Wildman–Crippen MR) is 71.6 cm³/mol. The van der Waals surface area contributed by atoms with Crippen molar-refractivity contribution in [2.75, 3.05) is 0 Å². The molecule has 1 rings (SSSR count). The molecule has 0 unspecified atom stereocenters. The number of amides is 1. The number of nitrogens with two attached hydrogens (primary N) is 1. The van der Waals surface area contributed by atoms with Gasteiger partial charge in [-0.25, -0.2) is 0 Å². The Kier molecular flexibility index (Phi) is 5.52. The van der Waals surface area contributed by atoms with Crippen LogP contribution in [-0.2, 0) is 4.79 Å². The number of allylic oxidation sites excluding steroid dienone is 1. The molecule has 1 heterocycles. The number of carbonyl (C=O) groups is 1. The zero-order chi connectivity index (χ0) is 13.5. The highest BCUT2D eigenvalue weighted by Crippen LogP contribution is 2.13. The lowest BCUT2D eigenvalue weighted by molar-refractivity contribution is -0.120. The van der Waals surface area contributed by atoms with Crippen molar-refractivity contribution in [3.63, 3.8) is 0 Å². The maximum Gasteiger partial charge on any atom is 0.220 e. The molecular formula is C14H20N2O2. The molecule has 0 bridgehead atoms. The number of aryl methyl sites for hydroxylation is 1. The zero-order valence-corrected chi connectivity index (χ0v) is 10.8. The molecule has 98 valence electrons. The largest absolute Gasteiger partial charge is 0.392 e. The van der Waals surface area contributed by atoms with E-state index in [1.165, 1.54) is 0 Å². The van der Waals surface area contributed by atoms with Crippen LogP contribution in [-0.4, -0.2) is 22.1 Å². The molecule has 1 aromatic heterocycles. The summed E-state index contributed by atoms with van der Waals surface area (Å²) in [5, 5.41) is 9.68. The number of primary amides is 1. The number of hydrogen-bond donors (Lipinski definition) is 2. The fraction of sp³-hybridized carbons (Fsp3) is 0.429. The quantitative estimate of drug-likeness (QED) is 0.804. The minimum Gasteiger partial charge on any atom is -0.392 e. The van der Waals surface area contributed by atoms with Gasteiger partial charge in [0.15, 0.2) is 0 Å². The van der Waals surface area contributed by atoms with E-state index in [0.717, 1.165) is 11.4 Å². The second-order valence-electron chi connectivity index (χ2n) is 4.56. The second-order valence-corrected chi connectivity index (χ2v) is 4.56. The number of rotatable bonds is 6. The molecule has 0 fully saturated rings. The summed E-state index contributed by atoms with van der Waals surface area (Å²) in [4.78, 5) is 15.0. The number of pyridine rings is 1.